The van der Waals surface area contributed by atoms with Crippen LogP contribution in [0.1, 0.15) is 31.2 Å². The van der Waals surface area contributed by atoms with Gasteiger partial charge >= 0.3 is 6.03 Å². The van der Waals surface area contributed by atoms with E-state index in [0.29, 0.717) is 41.5 Å². The SMILES string of the molecule is Cc1c(C(NC(=O)Nc2cnc(N3CC(O)C3)nc2)C(C)C)oc2ccc(F)cc12. The Kier molecular flexibility index (Phi) is 5.29. The molecule has 2 aromatic heterocycles. The summed E-state index contributed by atoms with van der Waals surface area (Å²) >= 11 is 0. The molecule has 0 bridgehead atoms. The molecule has 8 nitrogen and oxygen atoms in total. The van der Waals surface area contributed by atoms with Crippen LogP contribution < -0.4 is 15.5 Å². The number of aromatic nitrogens is 2. The number of β-amino-alcohol motifs (C(OH)–C–C–N with tert-alkyl or cyclic N) is 1. The number of anilines is 2. The number of fused-ring (bicyclic) bond motifs is 1. The van der Waals surface area contributed by atoms with Crippen LogP contribution in [0.2, 0.25) is 0 Å². The number of carbonyl (C=O) groups is 1. The van der Waals surface area contributed by atoms with E-state index >= 15 is 0 Å². The lowest BCUT2D eigenvalue weighted by molar-refractivity contribution is 0.140. The molecule has 1 saturated heterocycles. The van der Waals surface area contributed by atoms with Gasteiger partial charge in [0.1, 0.15) is 17.2 Å². The second kappa shape index (κ2) is 7.91. The van der Waals surface area contributed by atoms with Crippen molar-refractivity contribution in [3.63, 3.8) is 0 Å². The van der Waals surface area contributed by atoms with Gasteiger partial charge in [-0.05, 0) is 31.0 Å². The number of carbonyl (C=O) groups excluding carboxylic acids is 1. The molecule has 1 aliphatic heterocycles. The number of rotatable bonds is 5. The Labute approximate surface area is 173 Å². The average molecular weight is 413 g/mol. The Hall–Kier alpha value is -3.20. The lowest BCUT2D eigenvalue weighted by atomic mass is 9.98. The summed E-state index contributed by atoms with van der Waals surface area (Å²) < 4.78 is 19.6. The number of aliphatic hydroxyl groups excluding tert-OH is 1. The minimum absolute atomic E-state index is 0.0383. The lowest BCUT2D eigenvalue weighted by Crippen LogP contribution is -2.51. The Bertz CT molecular complexity index is 1060. The number of hydrogen-bond donors (Lipinski definition) is 3. The summed E-state index contributed by atoms with van der Waals surface area (Å²) in [4.78, 5) is 22.9. The maximum absolute atomic E-state index is 13.6. The molecule has 30 heavy (non-hydrogen) atoms. The van der Waals surface area contributed by atoms with Crippen LogP contribution in [0.4, 0.5) is 20.8 Å². The van der Waals surface area contributed by atoms with Gasteiger partial charge in [0.2, 0.25) is 5.95 Å². The molecular formula is C21H24FN5O3. The molecule has 0 radical (unpaired) electrons. The molecule has 4 rings (SSSR count). The fourth-order valence-electron chi connectivity index (χ4n) is 3.52. The molecule has 1 aliphatic rings. The molecule has 0 aliphatic carbocycles. The van der Waals surface area contributed by atoms with E-state index in [0.717, 1.165) is 5.56 Å². The fraction of sp³-hybridized carbons (Fsp3) is 0.381. The molecule has 2 amide bonds. The molecule has 3 aromatic rings. The average Bonchev–Trinajstić information content (AvgIpc) is 3.00. The van der Waals surface area contributed by atoms with Crippen LogP contribution in [0.3, 0.4) is 0 Å². The standard InChI is InChI=1S/C21H24FN5O3/c1-11(2)18(19-12(3)16-6-13(22)4-5-17(16)30-19)26-21(29)25-14-7-23-20(24-8-14)27-9-15(28)10-27/h4-8,11,15,18,28H,9-10H2,1-3H3,(H2,25,26,29). The van der Waals surface area contributed by atoms with Gasteiger partial charge in [-0.2, -0.15) is 0 Å². The largest absolute Gasteiger partial charge is 0.459 e. The number of benzene rings is 1. The fourth-order valence-corrected chi connectivity index (χ4v) is 3.52. The van der Waals surface area contributed by atoms with Crippen LogP contribution in [-0.4, -0.2) is 40.3 Å². The molecule has 9 heteroatoms. The number of nitrogens with one attached hydrogen (secondary N) is 2. The first-order valence-corrected chi connectivity index (χ1v) is 9.83. The molecule has 0 spiro atoms. The van der Waals surface area contributed by atoms with E-state index < -0.39 is 12.1 Å². The van der Waals surface area contributed by atoms with Gasteiger partial charge in [0.15, 0.2) is 0 Å². The quantitative estimate of drug-likeness (QED) is 0.593. The molecule has 1 unspecified atom stereocenters. The van der Waals surface area contributed by atoms with Crippen LogP contribution >= 0.6 is 0 Å². The van der Waals surface area contributed by atoms with Crippen molar-refractivity contribution in [3.8, 4) is 0 Å². The smallest absolute Gasteiger partial charge is 0.319 e. The third-order valence-electron chi connectivity index (χ3n) is 5.21. The number of nitrogens with zero attached hydrogens (tertiary/aromatic N) is 3. The van der Waals surface area contributed by atoms with E-state index in [2.05, 4.69) is 20.6 Å². The molecule has 0 saturated carbocycles. The van der Waals surface area contributed by atoms with Crippen molar-refractivity contribution in [2.45, 2.75) is 32.9 Å². The molecule has 3 N–H and O–H groups in total. The van der Waals surface area contributed by atoms with Crippen molar-refractivity contribution in [3.05, 3.63) is 47.7 Å². The monoisotopic (exact) mass is 413 g/mol. The van der Waals surface area contributed by atoms with Crippen molar-refractivity contribution < 1.29 is 18.7 Å². The van der Waals surface area contributed by atoms with E-state index in [1.54, 1.807) is 6.07 Å². The number of urea groups is 1. The topological polar surface area (TPSA) is 104 Å². The zero-order valence-corrected chi connectivity index (χ0v) is 17.0. The molecule has 158 valence electrons. The van der Waals surface area contributed by atoms with Crippen LogP contribution in [0.25, 0.3) is 11.0 Å². The first-order chi connectivity index (χ1) is 14.3. The lowest BCUT2D eigenvalue weighted by Gasteiger charge is -2.35. The van der Waals surface area contributed by atoms with Crippen molar-refractivity contribution >= 4 is 28.6 Å². The zero-order chi connectivity index (χ0) is 21.4. The van der Waals surface area contributed by atoms with Gasteiger partial charge in [-0.3, -0.25) is 0 Å². The summed E-state index contributed by atoms with van der Waals surface area (Å²) in [7, 11) is 0. The van der Waals surface area contributed by atoms with Gasteiger partial charge in [-0.1, -0.05) is 13.8 Å². The van der Waals surface area contributed by atoms with Gasteiger partial charge in [0.05, 0.1) is 30.2 Å². The number of hydrogen-bond acceptors (Lipinski definition) is 6. The Morgan fingerprint density at radius 3 is 2.63 bits per heavy atom. The summed E-state index contributed by atoms with van der Waals surface area (Å²) in [5, 5.41) is 15.7. The predicted molar refractivity (Wildman–Crippen MR) is 111 cm³/mol. The second-order valence-corrected chi connectivity index (χ2v) is 7.88. The molecule has 1 aromatic carbocycles. The molecule has 3 heterocycles. The van der Waals surface area contributed by atoms with Crippen molar-refractivity contribution in [2.75, 3.05) is 23.3 Å². The van der Waals surface area contributed by atoms with Crippen LogP contribution in [0, 0.1) is 18.7 Å². The highest BCUT2D eigenvalue weighted by molar-refractivity contribution is 5.89. The minimum Gasteiger partial charge on any atom is -0.459 e. The molecule has 1 atom stereocenters. The summed E-state index contributed by atoms with van der Waals surface area (Å²) in [6.07, 6.45) is 2.70. The first kappa shape index (κ1) is 20.1. The van der Waals surface area contributed by atoms with E-state index in [-0.39, 0.29) is 17.8 Å². The highest BCUT2D eigenvalue weighted by Crippen LogP contribution is 2.33. The summed E-state index contributed by atoms with van der Waals surface area (Å²) in [6, 6.07) is 3.56. The van der Waals surface area contributed by atoms with E-state index in [9.17, 15) is 14.3 Å². The number of furan rings is 1. The number of aryl methyl sites for hydroxylation is 1. The highest BCUT2D eigenvalue weighted by Gasteiger charge is 2.27. The zero-order valence-electron chi connectivity index (χ0n) is 17.0. The van der Waals surface area contributed by atoms with E-state index in [4.69, 9.17) is 4.42 Å². The van der Waals surface area contributed by atoms with Gasteiger partial charge in [-0.25, -0.2) is 19.2 Å². The maximum Gasteiger partial charge on any atom is 0.319 e. The molecular weight excluding hydrogens is 389 g/mol. The van der Waals surface area contributed by atoms with E-state index in [1.807, 2.05) is 25.7 Å². The van der Waals surface area contributed by atoms with Crippen molar-refractivity contribution in [1.82, 2.24) is 15.3 Å². The van der Waals surface area contributed by atoms with Crippen LogP contribution in [0.5, 0.6) is 0 Å². The van der Waals surface area contributed by atoms with Crippen molar-refractivity contribution in [1.29, 1.82) is 0 Å². The number of halogens is 1. The summed E-state index contributed by atoms with van der Waals surface area (Å²) in [5.74, 6) is 0.817. The van der Waals surface area contributed by atoms with Gasteiger partial charge in [0, 0.05) is 24.0 Å². The van der Waals surface area contributed by atoms with Crippen LogP contribution in [-0.2, 0) is 0 Å². The molecule has 1 fully saturated rings. The Morgan fingerprint density at radius 2 is 2.00 bits per heavy atom. The second-order valence-electron chi connectivity index (χ2n) is 7.88. The Balaban J connectivity index is 1.47. The van der Waals surface area contributed by atoms with Gasteiger partial charge < -0.3 is 25.1 Å². The number of aliphatic hydroxyl groups is 1. The van der Waals surface area contributed by atoms with Gasteiger partial charge in [-0.15, -0.1) is 0 Å². The van der Waals surface area contributed by atoms with E-state index in [1.165, 1.54) is 24.5 Å². The number of amides is 2. The minimum atomic E-state index is -0.421. The Morgan fingerprint density at radius 1 is 1.30 bits per heavy atom. The third kappa shape index (κ3) is 3.93. The third-order valence-corrected chi connectivity index (χ3v) is 5.21. The summed E-state index contributed by atoms with van der Waals surface area (Å²) in [6.45, 7) is 6.80. The van der Waals surface area contributed by atoms with Crippen molar-refractivity contribution in [2.24, 2.45) is 5.92 Å². The van der Waals surface area contributed by atoms with Gasteiger partial charge in [0.25, 0.3) is 0 Å². The summed E-state index contributed by atoms with van der Waals surface area (Å²) in [5.41, 5.74) is 1.83. The van der Waals surface area contributed by atoms with Crippen LogP contribution in [0.15, 0.2) is 35.0 Å². The highest BCUT2D eigenvalue weighted by atomic mass is 19.1. The normalized spacial score (nSPS) is 15.3. The predicted octanol–water partition coefficient (Wildman–Crippen LogP) is 3.37. The maximum atomic E-state index is 13.6. The first-order valence-electron chi connectivity index (χ1n) is 9.83.